The van der Waals surface area contributed by atoms with Gasteiger partial charge in [0.1, 0.15) is 0 Å². The Labute approximate surface area is 126 Å². The van der Waals surface area contributed by atoms with Crippen molar-refractivity contribution < 1.29 is 8.42 Å². The van der Waals surface area contributed by atoms with Gasteiger partial charge in [0.15, 0.2) is 0 Å². The molecule has 0 fully saturated rings. The maximum Gasteiger partial charge on any atom is 0.240 e. The fraction of sp³-hybridized carbons (Fsp3) is 0.538. The van der Waals surface area contributed by atoms with Crippen LogP contribution in [-0.4, -0.2) is 39.5 Å². The third kappa shape index (κ3) is 4.34. The van der Waals surface area contributed by atoms with Crippen LogP contribution in [0, 0.1) is 6.92 Å². The second-order valence-electron chi connectivity index (χ2n) is 4.56. The number of nitrogen functional groups attached to an aromatic ring is 1. The summed E-state index contributed by atoms with van der Waals surface area (Å²) in [6.45, 7) is 8.62. The van der Waals surface area contributed by atoms with Gasteiger partial charge in [-0.25, -0.2) is 13.1 Å². The van der Waals surface area contributed by atoms with Crippen molar-refractivity contribution in [2.24, 2.45) is 0 Å². The summed E-state index contributed by atoms with van der Waals surface area (Å²) < 4.78 is 27.1. The van der Waals surface area contributed by atoms with Crippen LogP contribution in [0.5, 0.6) is 0 Å². The van der Waals surface area contributed by atoms with Crippen molar-refractivity contribution in [3.05, 3.63) is 22.7 Å². The van der Waals surface area contributed by atoms with Crippen molar-refractivity contribution in [1.29, 1.82) is 0 Å². The molecule has 3 N–H and O–H groups in total. The van der Waals surface area contributed by atoms with E-state index in [1.165, 1.54) is 6.07 Å². The number of anilines is 1. The Morgan fingerprint density at radius 1 is 1.30 bits per heavy atom. The van der Waals surface area contributed by atoms with E-state index >= 15 is 0 Å². The first kappa shape index (κ1) is 17.2. The molecule has 20 heavy (non-hydrogen) atoms. The number of sulfonamides is 1. The standard InChI is InChI=1S/C13H22ClN3O2S/c1-4-17(5-2)7-6-16-20(18,19)13-9-12(15)11(14)8-10(13)3/h8-9,16H,4-7,15H2,1-3H3. The normalized spacial score (nSPS) is 12.1. The third-order valence-electron chi connectivity index (χ3n) is 3.20. The summed E-state index contributed by atoms with van der Waals surface area (Å²) in [6, 6.07) is 2.97. The molecule has 0 unspecified atom stereocenters. The zero-order valence-corrected chi connectivity index (χ0v) is 13.7. The van der Waals surface area contributed by atoms with E-state index in [1.54, 1.807) is 13.0 Å². The molecule has 0 atom stereocenters. The number of aryl methyl sites for hydroxylation is 1. The van der Waals surface area contributed by atoms with E-state index in [4.69, 9.17) is 17.3 Å². The van der Waals surface area contributed by atoms with E-state index in [0.717, 1.165) is 13.1 Å². The van der Waals surface area contributed by atoms with Gasteiger partial charge in [-0.05, 0) is 37.7 Å². The number of hydrogen-bond acceptors (Lipinski definition) is 4. The van der Waals surface area contributed by atoms with Crippen molar-refractivity contribution in [3.8, 4) is 0 Å². The average Bonchev–Trinajstić information content (AvgIpc) is 2.38. The molecule has 0 aliphatic rings. The van der Waals surface area contributed by atoms with E-state index < -0.39 is 10.0 Å². The number of rotatable bonds is 7. The number of benzene rings is 1. The molecule has 1 aromatic rings. The van der Waals surface area contributed by atoms with Crippen molar-refractivity contribution in [2.45, 2.75) is 25.7 Å². The summed E-state index contributed by atoms with van der Waals surface area (Å²) in [6.07, 6.45) is 0. The maximum absolute atomic E-state index is 12.2. The second kappa shape index (κ2) is 7.26. The average molecular weight is 320 g/mol. The summed E-state index contributed by atoms with van der Waals surface area (Å²) in [5.41, 5.74) is 6.52. The SMILES string of the molecule is CCN(CC)CCNS(=O)(=O)c1cc(N)c(Cl)cc1C. The summed E-state index contributed by atoms with van der Waals surface area (Å²) >= 11 is 5.87. The van der Waals surface area contributed by atoms with E-state index in [1.807, 2.05) is 13.8 Å². The Bertz CT molecular complexity index is 557. The molecule has 0 radical (unpaired) electrons. The molecule has 0 saturated carbocycles. The van der Waals surface area contributed by atoms with Gasteiger partial charge in [0, 0.05) is 13.1 Å². The molecule has 114 valence electrons. The third-order valence-corrected chi connectivity index (χ3v) is 5.13. The van der Waals surface area contributed by atoms with Gasteiger partial charge < -0.3 is 10.6 Å². The fourth-order valence-electron chi connectivity index (χ4n) is 1.91. The molecule has 0 saturated heterocycles. The highest BCUT2D eigenvalue weighted by molar-refractivity contribution is 7.89. The van der Waals surface area contributed by atoms with E-state index in [-0.39, 0.29) is 10.6 Å². The molecule has 0 spiro atoms. The Hall–Kier alpha value is -0.820. The number of nitrogens with one attached hydrogen (secondary N) is 1. The van der Waals surface area contributed by atoms with Crippen molar-refractivity contribution in [2.75, 3.05) is 31.9 Å². The van der Waals surface area contributed by atoms with Crippen LogP contribution < -0.4 is 10.5 Å². The number of likely N-dealkylation sites (N-methyl/N-ethyl adjacent to an activating group) is 1. The van der Waals surface area contributed by atoms with Crippen molar-refractivity contribution in [1.82, 2.24) is 9.62 Å². The van der Waals surface area contributed by atoms with Gasteiger partial charge in [-0.2, -0.15) is 0 Å². The molecule has 0 heterocycles. The highest BCUT2D eigenvalue weighted by atomic mass is 35.5. The Balaban J connectivity index is 2.82. The lowest BCUT2D eigenvalue weighted by Crippen LogP contribution is -2.35. The summed E-state index contributed by atoms with van der Waals surface area (Å²) in [5.74, 6) is 0. The Morgan fingerprint density at radius 2 is 1.90 bits per heavy atom. The predicted octanol–water partition coefficient (Wildman–Crippen LogP) is 1.85. The topological polar surface area (TPSA) is 75.4 Å². The Kier molecular flexibility index (Phi) is 6.26. The number of hydrogen-bond donors (Lipinski definition) is 2. The fourth-order valence-corrected chi connectivity index (χ4v) is 3.41. The zero-order chi connectivity index (χ0) is 15.3. The smallest absolute Gasteiger partial charge is 0.240 e. The van der Waals surface area contributed by atoms with E-state index in [0.29, 0.717) is 23.7 Å². The first-order chi connectivity index (χ1) is 9.31. The summed E-state index contributed by atoms with van der Waals surface area (Å²) in [7, 11) is -3.56. The first-order valence-corrected chi connectivity index (χ1v) is 8.45. The van der Waals surface area contributed by atoms with Crippen LogP contribution in [0.25, 0.3) is 0 Å². The lowest BCUT2D eigenvalue weighted by Gasteiger charge is -2.18. The van der Waals surface area contributed by atoms with Gasteiger partial charge in [-0.1, -0.05) is 25.4 Å². The molecule has 1 rings (SSSR count). The quantitative estimate of drug-likeness (QED) is 0.752. The molecule has 0 amide bonds. The molecular weight excluding hydrogens is 298 g/mol. The summed E-state index contributed by atoms with van der Waals surface area (Å²) in [4.78, 5) is 2.32. The molecule has 0 aromatic heterocycles. The van der Waals surface area contributed by atoms with Gasteiger partial charge in [-0.3, -0.25) is 0 Å². The number of halogens is 1. The molecular formula is C13H22ClN3O2S. The van der Waals surface area contributed by atoms with Crippen LogP contribution in [0.2, 0.25) is 5.02 Å². The lowest BCUT2D eigenvalue weighted by molar-refractivity contribution is 0.309. The highest BCUT2D eigenvalue weighted by Crippen LogP contribution is 2.25. The highest BCUT2D eigenvalue weighted by Gasteiger charge is 2.18. The van der Waals surface area contributed by atoms with Crippen molar-refractivity contribution >= 4 is 27.3 Å². The van der Waals surface area contributed by atoms with E-state index in [2.05, 4.69) is 9.62 Å². The molecule has 0 bridgehead atoms. The van der Waals surface area contributed by atoms with Gasteiger partial charge in [0.25, 0.3) is 0 Å². The van der Waals surface area contributed by atoms with Crippen LogP contribution in [0.1, 0.15) is 19.4 Å². The molecule has 0 aliphatic heterocycles. The second-order valence-corrected chi connectivity index (χ2v) is 6.71. The summed E-state index contributed by atoms with van der Waals surface area (Å²) in [5, 5.41) is 0.365. The van der Waals surface area contributed by atoms with E-state index in [9.17, 15) is 8.42 Å². The lowest BCUT2D eigenvalue weighted by atomic mass is 10.2. The molecule has 7 heteroatoms. The predicted molar refractivity (Wildman–Crippen MR) is 83.6 cm³/mol. The number of nitrogens with zero attached hydrogens (tertiary/aromatic N) is 1. The minimum absolute atomic E-state index is 0.180. The number of nitrogens with two attached hydrogens (primary N) is 1. The van der Waals surface area contributed by atoms with Crippen LogP contribution in [-0.2, 0) is 10.0 Å². The van der Waals surface area contributed by atoms with Gasteiger partial charge in [-0.15, -0.1) is 0 Å². The van der Waals surface area contributed by atoms with Gasteiger partial charge >= 0.3 is 0 Å². The van der Waals surface area contributed by atoms with Crippen LogP contribution in [0.15, 0.2) is 17.0 Å². The van der Waals surface area contributed by atoms with Gasteiger partial charge in [0.05, 0.1) is 15.6 Å². The molecule has 5 nitrogen and oxygen atoms in total. The van der Waals surface area contributed by atoms with Crippen molar-refractivity contribution in [3.63, 3.8) is 0 Å². The monoisotopic (exact) mass is 319 g/mol. The van der Waals surface area contributed by atoms with Crippen LogP contribution in [0.3, 0.4) is 0 Å². The minimum Gasteiger partial charge on any atom is -0.397 e. The molecule has 0 aliphatic carbocycles. The largest absolute Gasteiger partial charge is 0.397 e. The van der Waals surface area contributed by atoms with Crippen LogP contribution in [0.4, 0.5) is 5.69 Å². The van der Waals surface area contributed by atoms with Crippen LogP contribution >= 0.6 is 11.6 Å². The first-order valence-electron chi connectivity index (χ1n) is 6.59. The molecule has 1 aromatic carbocycles. The zero-order valence-electron chi connectivity index (χ0n) is 12.1. The Morgan fingerprint density at radius 3 is 2.45 bits per heavy atom. The minimum atomic E-state index is -3.56. The van der Waals surface area contributed by atoms with Gasteiger partial charge in [0.2, 0.25) is 10.0 Å². The maximum atomic E-state index is 12.2.